The molecule has 196 valence electrons. The van der Waals surface area contributed by atoms with Crippen LogP contribution < -0.4 is 20.1 Å². The lowest BCUT2D eigenvalue weighted by molar-refractivity contribution is -0.137. The van der Waals surface area contributed by atoms with Crippen LogP contribution in [0.5, 0.6) is 11.5 Å². The summed E-state index contributed by atoms with van der Waals surface area (Å²) in [6, 6.07) is 15.6. The van der Waals surface area contributed by atoms with Crippen LogP contribution in [0.1, 0.15) is 11.1 Å². The molecule has 0 fully saturated rings. The van der Waals surface area contributed by atoms with Gasteiger partial charge in [0.15, 0.2) is 18.1 Å². The molecule has 0 aromatic heterocycles. The topological polar surface area (TPSA) is 100 Å². The third kappa shape index (κ3) is 7.62. The molecule has 0 bridgehead atoms. The molecule has 0 aliphatic rings. The number of hydrogen-bond acceptors (Lipinski definition) is 5. The molecule has 12 heteroatoms. The zero-order valence-electron chi connectivity index (χ0n) is 19.5. The maximum absolute atomic E-state index is 12.9. The summed E-state index contributed by atoms with van der Waals surface area (Å²) in [6.45, 7) is -0.352. The Morgan fingerprint density at radius 3 is 2.50 bits per heavy atom. The Morgan fingerprint density at radius 2 is 1.84 bits per heavy atom. The summed E-state index contributed by atoms with van der Waals surface area (Å²) in [5.41, 5.74) is -0.592. The highest BCUT2D eigenvalue weighted by Crippen LogP contribution is 2.35. The summed E-state index contributed by atoms with van der Waals surface area (Å²) in [5.74, 6) is -0.869. The molecule has 3 aromatic carbocycles. The molecule has 0 heterocycles. The van der Waals surface area contributed by atoms with Gasteiger partial charge >= 0.3 is 6.18 Å². The molecular formula is C26H18ClF3IN3O4. The maximum Gasteiger partial charge on any atom is 0.416 e. The third-order valence-corrected chi connectivity index (χ3v) is 6.00. The van der Waals surface area contributed by atoms with E-state index in [0.717, 1.165) is 18.2 Å². The molecule has 0 saturated carbocycles. The number of amides is 2. The van der Waals surface area contributed by atoms with E-state index in [4.69, 9.17) is 21.1 Å². The van der Waals surface area contributed by atoms with Crippen LogP contribution in [0.15, 0.2) is 66.2 Å². The molecule has 0 spiro atoms. The number of halogens is 5. The average Bonchev–Trinajstić information content (AvgIpc) is 2.87. The lowest BCUT2D eigenvalue weighted by Crippen LogP contribution is -2.20. The summed E-state index contributed by atoms with van der Waals surface area (Å²) in [5, 5.41) is 14.8. The number of carbonyl (C=O) groups excluding carboxylic acids is 2. The van der Waals surface area contributed by atoms with E-state index in [0.29, 0.717) is 19.8 Å². The molecule has 3 rings (SSSR count). The van der Waals surface area contributed by atoms with Crippen LogP contribution in [0.25, 0.3) is 6.08 Å². The molecule has 0 radical (unpaired) electrons. The van der Waals surface area contributed by atoms with E-state index >= 15 is 0 Å². The number of benzene rings is 3. The average molecular weight is 656 g/mol. The minimum absolute atomic E-state index is 0.114. The summed E-state index contributed by atoms with van der Waals surface area (Å²) >= 11 is 7.98. The number of nitriles is 1. The molecule has 3 aromatic rings. The molecule has 7 nitrogen and oxygen atoms in total. The number of methoxy groups -OCH3 is 1. The van der Waals surface area contributed by atoms with Crippen molar-refractivity contribution in [3.8, 4) is 17.6 Å². The number of hydrogen-bond donors (Lipinski definition) is 2. The normalized spacial score (nSPS) is 11.3. The SMILES string of the molecule is COc1cc(/C=C(\C#N)C(=O)Nc2cccc(C(F)(F)F)c2)cc(I)c1OCC(=O)Nc1ccccc1Cl. The van der Waals surface area contributed by atoms with Gasteiger partial charge in [-0.3, -0.25) is 9.59 Å². The van der Waals surface area contributed by atoms with Crippen LogP contribution in [-0.4, -0.2) is 25.5 Å². The summed E-state index contributed by atoms with van der Waals surface area (Å²) in [4.78, 5) is 24.9. The van der Waals surface area contributed by atoms with Crippen molar-refractivity contribution in [2.24, 2.45) is 0 Å². The Bertz CT molecular complexity index is 1440. The monoisotopic (exact) mass is 655 g/mol. The van der Waals surface area contributed by atoms with E-state index in [1.165, 1.54) is 25.3 Å². The quantitative estimate of drug-likeness (QED) is 0.163. The molecule has 0 aliphatic heterocycles. The zero-order chi connectivity index (χ0) is 27.9. The highest BCUT2D eigenvalue weighted by Gasteiger charge is 2.30. The van der Waals surface area contributed by atoms with Crippen molar-refractivity contribution in [2.75, 3.05) is 24.4 Å². The van der Waals surface area contributed by atoms with E-state index < -0.39 is 23.6 Å². The van der Waals surface area contributed by atoms with Crippen LogP contribution >= 0.6 is 34.2 Å². The Balaban J connectivity index is 1.76. The number of nitrogens with one attached hydrogen (secondary N) is 2. The second kappa shape index (κ2) is 12.7. The Hall–Kier alpha value is -3.76. The van der Waals surface area contributed by atoms with Gasteiger partial charge < -0.3 is 20.1 Å². The fourth-order valence-corrected chi connectivity index (χ4v) is 4.10. The number of carbonyl (C=O) groups is 2. The number of para-hydroxylation sites is 1. The van der Waals surface area contributed by atoms with Crippen molar-refractivity contribution in [1.82, 2.24) is 0 Å². The predicted octanol–water partition coefficient (Wildman–Crippen LogP) is 6.54. The fraction of sp³-hybridized carbons (Fsp3) is 0.115. The van der Waals surface area contributed by atoms with Gasteiger partial charge in [-0.2, -0.15) is 18.4 Å². The fourth-order valence-electron chi connectivity index (χ4n) is 3.14. The van der Waals surface area contributed by atoms with Gasteiger partial charge in [0.1, 0.15) is 11.6 Å². The van der Waals surface area contributed by atoms with Crippen LogP contribution in [0, 0.1) is 14.9 Å². The van der Waals surface area contributed by atoms with Gasteiger partial charge in [-0.25, -0.2) is 0 Å². The Morgan fingerprint density at radius 1 is 1.11 bits per heavy atom. The minimum Gasteiger partial charge on any atom is -0.493 e. The van der Waals surface area contributed by atoms with Crippen molar-refractivity contribution < 1.29 is 32.2 Å². The van der Waals surface area contributed by atoms with E-state index in [2.05, 4.69) is 10.6 Å². The first-order chi connectivity index (χ1) is 18.0. The number of alkyl halides is 3. The maximum atomic E-state index is 12.9. The first kappa shape index (κ1) is 28.8. The first-order valence-corrected chi connectivity index (χ1v) is 12.1. The van der Waals surface area contributed by atoms with Gasteiger partial charge in [0.25, 0.3) is 11.8 Å². The molecule has 0 unspecified atom stereocenters. The number of rotatable bonds is 8. The Labute approximate surface area is 234 Å². The van der Waals surface area contributed by atoms with Crippen molar-refractivity contribution in [1.29, 1.82) is 5.26 Å². The smallest absolute Gasteiger partial charge is 0.416 e. The molecule has 0 aliphatic carbocycles. The highest BCUT2D eigenvalue weighted by atomic mass is 127. The van der Waals surface area contributed by atoms with Crippen molar-refractivity contribution in [2.45, 2.75) is 6.18 Å². The lowest BCUT2D eigenvalue weighted by atomic mass is 10.1. The van der Waals surface area contributed by atoms with E-state index in [9.17, 15) is 28.0 Å². The van der Waals surface area contributed by atoms with Crippen LogP contribution in [0.3, 0.4) is 0 Å². The second-order valence-electron chi connectivity index (χ2n) is 7.55. The molecular weight excluding hydrogens is 638 g/mol. The third-order valence-electron chi connectivity index (χ3n) is 4.87. The van der Waals surface area contributed by atoms with E-state index in [1.807, 2.05) is 22.6 Å². The van der Waals surface area contributed by atoms with Crippen molar-refractivity contribution in [3.63, 3.8) is 0 Å². The molecule has 0 saturated heterocycles. The van der Waals surface area contributed by atoms with Crippen molar-refractivity contribution in [3.05, 3.63) is 86.0 Å². The largest absolute Gasteiger partial charge is 0.493 e. The van der Waals surface area contributed by atoms with Crippen LogP contribution in [0.2, 0.25) is 5.02 Å². The number of ether oxygens (including phenoxy) is 2. The summed E-state index contributed by atoms with van der Waals surface area (Å²) < 4.78 is 50.3. The summed E-state index contributed by atoms with van der Waals surface area (Å²) in [7, 11) is 1.38. The molecule has 0 atom stereocenters. The van der Waals surface area contributed by atoms with Crippen molar-refractivity contribution >= 4 is 63.5 Å². The lowest BCUT2D eigenvalue weighted by Gasteiger charge is -2.14. The van der Waals surface area contributed by atoms with E-state index in [-0.39, 0.29) is 29.4 Å². The highest BCUT2D eigenvalue weighted by molar-refractivity contribution is 14.1. The first-order valence-electron chi connectivity index (χ1n) is 10.7. The summed E-state index contributed by atoms with van der Waals surface area (Å²) in [6.07, 6.45) is -3.33. The van der Waals surface area contributed by atoms with Gasteiger partial charge in [-0.1, -0.05) is 29.8 Å². The van der Waals surface area contributed by atoms with E-state index in [1.54, 1.807) is 36.4 Å². The van der Waals surface area contributed by atoms with Crippen LogP contribution in [-0.2, 0) is 15.8 Å². The molecule has 38 heavy (non-hydrogen) atoms. The van der Waals surface area contributed by atoms with Gasteiger partial charge in [0, 0.05) is 5.69 Å². The minimum atomic E-state index is -4.58. The van der Waals surface area contributed by atoms with Gasteiger partial charge in [0.2, 0.25) is 0 Å². The van der Waals surface area contributed by atoms with Crippen LogP contribution in [0.4, 0.5) is 24.5 Å². The zero-order valence-corrected chi connectivity index (χ0v) is 22.4. The molecule has 2 N–H and O–H groups in total. The molecule has 2 amide bonds. The van der Waals surface area contributed by atoms with Gasteiger partial charge in [0.05, 0.1) is 27.0 Å². The number of nitrogens with zero attached hydrogens (tertiary/aromatic N) is 1. The van der Waals surface area contributed by atoms with Gasteiger partial charge in [-0.05, 0) is 76.7 Å². The number of anilines is 2. The second-order valence-corrected chi connectivity index (χ2v) is 9.12. The predicted molar refractivity (Wildman–Crippen MR) is 145 cm³/mol. The Kier molecular flexibility index (Phi) is 9.60. The standard InChI is InChI=1S/C26H18ClF3IN3O4/c1-37-22-11-15(9-16(13-32)25(36)33-18-6-4-5-17(12-18)26(28,29)30)10-20(31)24(22)38-14-23(35)34-21-8-3-2-7-19(21)27/h2-12H,14H2,1H3,(H,33,36)(H,34,35)/b16-9+. The van der Waals surface area contributed by atoms with Gasteiger partial charge in [-0.15, -0.1) is 0 Å².